The molecule has 0 radical (unpaired) electrons. The number of nitrogen functional groups attached to an aromatic ring is 1. The Labute approximate surface area is 264 Å². The number of thiol groups is 1. The molecule has 4 rings (SSSR count). The van der Waals surface area contributed by atoms with Gasteiger partial charge in [0, 0.05) is 29.8 Å². The molecule has 45 heavy (non-hydrogen) atoms. The Hall–Kier alpha value is -4.75. The van der Waals surface area contributed by atoms with Crippen LogP contribution in [-0.2, 0) is 25.7 Å². The maximum atomic E-state index is 12.7. The van der Waals surface area contributed by atoms with Crippen molar-refractivity contribution in [3.8, 4) is 0 Å². The van der Waals surface area contributed by atoms with E-state index < -0.39 is 59.1 Å². The number of rotatable bonds is 14. The first-order valence-corrected chi connectivity index (χ1v) is 14.9. The van der Waals surface area contributed by atoms with Crippen molar-refractivity contribution in [2.24, 2.45) is 0 Å². The average Bonchev–Trinajstić information content (AvgIpc) is 3.26. The number of carbonyl (C=O) groups is 5. The molecule has 1 aliphatic heterocycles. The molecule has 3 unspecified atom stereocenters. The second-order valence-electron chi connectivity index (χ2n) is 9.84. The SMILES string of the molecule is Nc1nc2ncc(CNc3ccc(C(=O)NC(CCC(=O)NC(CO)CSC4CC(=O)N(S)C4=O)C(=O)O)cc3)nc2c(=O)[nH]1. The van der Waals surface area contributed by atoms with Gasteiger partial charge >= 0.3 is 5.97 Å². The summed E-state index contributed by atoms with van der Waals surface area (Å²) in [5, 5.41) is 26.6. The number of aliphatic hydroxyl groups is 1. The van der Waals surface area contributed by atoms with Gasteiger partial charge in [-0.1, -0.05) is 12.8 Å². The molecule has 0 spiro atoms. The topological polar surface area (TPSA) is 263 Å². The Morgan fingerprint density at radius 2 is 1.89 bits per heavy atom. The van der Waals surface area contributed by atoms with E-state index in [1.807, 2.05) is 0 Å². The number of fused-ring (bicyclic) bond motifs is 1. The third-order valence-electron chi connectivity index (χ3n) is 6.53. The number of carboxylic acid groups (broad SMARTS) is 1. The van der Waals surface area contributed by atoms with Crippen LogP contribution in [0.2, 0.25) is 0 Å². The molecule has 4 amide bonds. The number of hydrogen-bond donors (Lipinski definition) is 8. The van der Waals surface area contributed by atoms with Gasteiger partial charge in [-0.2, -0.15) is 4.98 Å². The van der Waals surface area contributed by atoms with E-state index in [2.05, 4.69) is 48.7 Å². The molecular formula is C26H29N9O8S2. The lowest BCUT2D eigenvalue weighted by Gasteiger charge is -2.19. The van der Waals surface area contributed by atoms with Crippen molar-refractivity contribution in [3.63, 3.8) is 0 Å². The van der Waals surface area contributed by atoms with E-state index in [-0.39, 0.29) is 54.2 Å². The average molecular weight is 660 g/mol. The summed E-state index contributed by atoms with van der Waals surface area (Å²) in [6, 6.07) is 4.04. The highest BCUT2D eigenvalue weighted by Crippen LogP contribution is 2.26. The molecule has 238 valence electrons. The summed E-state index contributed by atoms with van der Waals surface area (Å²) in [5.41, 5.74) is 6.37. The lowest BCUT2D eigenvalue weighted by Crippen LogP contribution is -2.43. The number of carbonyl (C=O) groups excluding carboxylic acids is 4. The normalized spacial score (nSPS) is 16.0. The largest absolute Gasteiger partial charge is 0.480 e. The van der Waals surface area contributed by atoms with Gasteiger partial charge in [-0.25, -0.2) is 19.1 Å². The van der Waals surface area contributed by atoms with Crippen LogP contribution in [0.4, 0.5) is 11.6 Å². The summed E-state index contributed by atoms with van der Waals surface area (Å²) in [5.74, 6) is -3.40. The van der Waals surface area contributed by atoms with Crippen LogP contribution >= 0.6 is 24.6 Å². The first kappa shape index (κ1) is 33.1. The van der Waals surface area contributed by atoms with E-state index in [1.165, 1.54) is 18.3 Å². The van der Waals surface area contributed by atoms with Crippen molar-refractivity contribution < 1.29 is 34.2 Å². The Kier molecular flexibility index (Phi) is 10.9. The van der Waals surface area contributed by atoms with Crippen molar-refractivity contribution in [3.05, 3.63) is 52.1 Å². The van der Waals surface area contributed by atoms with Crippen LogP contribution in [-0.4, -0.2) is 93.7 Å². The fourth-order valence-corrected chi connectivity index (χ4v) is 5.62. The Balaban J connectivity index is 1.24. The molecule has 1 saturated heterocycles. The number of thioether (sulfide) groups is 1. The zero-order valence-corrected chi connectivity index (χ0v) is 25.1. The Bertz CT molecular complexity index is 1670. The number of hydrogen-bond acceptors (Lipinski definition) is 14. The van der Waals surface area contributed by atoms with E-state index in [0.717, 1.165) is 16.1 Å². The van der Waals surface area contributed by atoms with Crippen LogP contribution in [0.3, 0.4) is 0 Å². The highest BCUT2D eigenvalue weighted by atomic mass is 32.2. The summed E-state index contributed by atoms with van der Waals surface area (Å²) in [6.07, 6.45) is 0.923. The zero-order valence-electron chi connectivity index (χ0n) is 23.4. The molecule has 17 nitrogen and oxygen atoms in total. The van der Waals surface area contributed by atoms with Crippen LogP contribution in [0.1, 0.15) is 35.3 Å². The number of anilines is 2. The number of aliphatic carboxylic acids is 1. The van der Waals surface area contributed by atoms with Gasteiger partial charge in [0.15, 0.2) is 11.2 Å². The molecule has 1 fully saturated rings. The minimum atomic E-state index is -1.37. The Morgan fingerprint density at radius 1 is 1.16 bits per heavy atom. The molecule has 1 aromatic carbocycles. The number of nitrogens with two attached hydrogens (primary N) is 1. The van der Waals surface area contributed by atoms with E-state index in [1.54, 1.807) is 12.1 Å². The summed E-state index contributed by atoms with van der Waals surface area (Å²) >= 11 is 4.92. The van der Waals surface area contributed by atoms with Gasteiger partial charge in [0.05, 0.1) is 36.3 Å². The van der Waals surface area contributed by atoms with Gasteiger partial charge in [0.1, 0.15) is 6.04 Å². The highest BCUT2D eigenvalue weighted by molar-refractivity contribution is 8.00. The number of aromatic nitrogens is 4. The number of benzene rings is 1. The molecule has 3 heterocycles. The number of nitrogens with zero attached hydrogens (tertiary/aromatic N) is 4. The summed E-state index contributed by atoms with van der Waals surface area (Å²) in [6.45, 7) is -0.242. The van der Waals surface area contributed by atoms with Gasteiger partial charge in [-0.05, 0) is 30.7 Å². The van der Waals surface area contributed by atoms with Crippen molar-refractivity contribution in [1.82, 2.24) is 34.9 Å². The van der Waals surface area contributed by atoms with Crippen LogP contribution in [0.5, 0.6) is 0 Å². The smallest absolute Gasteiger partial charge is 0.326 e. The van der Waals surface area contributed by atoms with E-state index >= 15 is 0 Å². The molecule has 3 aromatic rings. The fourth-order valence-electron chi connectivity index (χ4n) is 4.16. The van der Waals surface area contributed by atoms with Crippen LogP contribution in [0.25, 0.3) is 11.2 Å². The van der Waals surface area contributed by atoms with Crippen LogP contribution in [0.15, 0.2) is 35.3 Å². The standard InChI is InChI=1S/C26H29N9O8S2/c27-26-33-21-20(23(40)34-26)31-14(9-29-21)8-28-13-3-1-12(2-4-13)22(39)32-16(25(42)43)5-6-18(37)30-15(10-36)11-45-17-7-19(38)35(44)24(17)41/h1-4,9,15-17,28,36,44H,5-8,10-11H2,(H,30,37)(H,32,39)(H,42,43)(H3,27,29,33,34,40). The van der Waals surface area contributed by atoms with Crippen molar-refractivity contribution >= 4 is 77.0 Å². The minimum Gasteiger partial charge on any atom is -0.480 e. The molecule has 0 bridgehead atoms. The van der Waals surface area contributed by atoms with Gasteiger partial charge in [-0.3, -0.25) is 29.0 Å². The van der Waals surface area contributed by atoms with Gasteiger partial charge < -0.3 is 31.9 Å². The first-order chi connectivity index (χ1) is 21.4. The van der Waals surface area contributed by atoms with E-state index in [9.17, 15) is 39.0 Å². The minimum absolute atomic E-state index is 0.0310. The van der Waals surface area contributed by atoms with Gasteiger partial charge in [0.25, 0.3) is 17.4 Å². The highest BCUT2D eigenvalue weighted by Gasteiger charge is 2.37. The molecule has 19 heteroatoms. The van der Waals surface area contributed by atoms with Gasteiger partial charge in [-0.15, -0.1) is 11.8 Å². The number of aromatic amines is 1. The predicted molar refractivity (Wildman–Crippen MR) is 165 cm³/mol. The van der Waals surface area contributed by atoms with Crippen LogP contribution in [0, 0.1) is 0 Å². The second kappa shape index (κ2) is 14.8. The maximum Gasteiger partial charge on any atom is 0.326 e. The summed E-state index contributed by atoms with van der Waals surface area (Å²) < 4.78 is 0.736. The number of H-pyrrole nitrogens is 1. The number of imide groups is 1. The monoisotopic (exact) mass is 659 g/mol. The maximum absolute atomic E-state index is 12.7. The van der Waals surface area contributed by atoms with Crippen molar-refractivity contribution in [2.75, 3.05) is 23.4 Å². The van der Waals surface area contributed by atoms with Gasteiger partial charge in [0.2, 0.25) is 17.8 Å². The third-order valence-corrected chi connectivity index (χ3v) is 8.32. The lowest BCUT2D eigenvalue weighted by atomic mass is 10.1. The van der Waals surface area contributed by atoms with Crippen molar-refractivity contribution in [2.45, 2.75) is 43.1 Å². The lowest BCUT2D eigenvalue weighted by molar-refractivity contribution is -0.139. The molecule has 3 atom stereocenters. The summed E-state index contributed by atoms with van der Waals surface area (Å²) in [4.78, 5) is 87.1. The molecule has 2 aromatic heterocycles. The van der Waals surface area contributed by atoms with Crippen molar-refractivity contribution in [1.29, 1.82) is 0 Å². The third kappa shape index (κ3) is 8.67. The number of carboxylic acids is 1. The first-order valence-electron chi connectivity index (χ1n) is 13.4. The fraction of sp³-hybridized carbons (Fsp3) is 0.346. The Morgan fingerprint density at radius 3 is 2.53 bits per heavy atom. The van der Waals surface area contributed by atoms with E-state index in [0.29, 0.717) is 11.4 Å². The molecular weight excluding hydrogens is 630 g/mol. The second-order valence-corrected chi connectivity index (χ2v) is 11.5. The molecule has 0 aliphatic carbocycles. The number of nitrogens with one attached hydrogen (secondary N) is 4. The van der Waals surface area contributed by atoms with Crippen LogP contribution < -0.4 is 27.2 Å². The molecule has 0 saturated carbocycles. The number of amides is 4. The predicted octanol–water partition coefficient (Wildman–Crippen LogP) is -0.947. The quantitative estimate of drug-likeness (QED) is 0.0767. The molecule has 8 N–H and O–H groups in total. The zero-order chi connectivity index (χ0) is 32.7. The number of aliphatic hydroxyl groups excluding tert-OH is 1. The summed E-state index contributed by atoms with van der Waals surface area (Å²) in [7, 11) is 0. The van der Waals surface area contributed by atoms with E-state index in [4.69, 9.17) is 5.73 Å². The molecule has 1 aliphatic rings.